The maximum atomic E-state index is 4.55. The molecule has 25 heavy (non-hydrogen) atoms. The molecule has 4 aromatic rings. The van der Waals surface area contributed by atoms with Gasteiger partial charge in [-0.3, -0.25) is 0 Å². The molecule has 0 aliphatic rings. The van der Waals surface area contributed by atoms with Gasteiger partial charge < -0.3 is 0 Å². The van der Waals surface area contributed by atoms with Gasteiger partial charge >= 0.3 is 0 Å². The Morgan fingerprint density at radius 1 is 0.880 bits per heavy atom. The van der Waals surface area contributed by atoms with Crippen LogP contribution in [-0.2, 0) is 0 Å². The van der Waals surface area contributed by atoms with Crippen molar-refractivity contribution in [2.24, 2.45) is 0 Å². The van der Waals surface area contributed by atoms with Crippen molar-refractivity contribution >= 4 is 29.9 Å². The molecule has 1 aromatic heterocycles. The van der Waals surface area contributed by atoms with Crippen LogP contribution in [0.5, 0.6) is 0 Å². The van der Waals surface area contributed by atoms with Gasteiger partial charge in [0.2, 0.25) is 0 Å². The first kappa shape index (κ1) is 16.0. The Labute approximate surface area is 149 Å². The lowest BCUT2D eigenvalue weighted by atomic mass is 9.99. The maximum Gasteiger partial charge on any atom is 0.113 e. The molecule has 1 heterocycles. The van der Waals surface area contributed by atoms with Crippen molar-refractivity contribution in [1.29, 1.82) is 0 Å². The largest absolute Gasteiger partial charge is 0.237 e. The molecular formula is C21H23N3Si. The van der Waals surface area contributed by atoms with Gasteiger partial charge in [0.15, 0.2) is 0 Å². The number of aromatic nitrogens is 3. The third kappa shape index (κ3) is 3.09. The zero-order valence-electron chi connectivity index (χ0n) is 15.0. The van der Waals surface area contributed by atoms with E-state index in [0.717, 1.165) is 17.1 Å². The molecule has 0 radical (unpaired) electrons. The van der Waals surface area contributed by atoms with Gasteiger partial charge in [-0.25, -0.2) is 4.68 Å². The molecule has 4 heteroatoms. The average molecular weight is 346 g/mol. The van der Waals surface area contributed by atoms with Crippen molar-refractivity contribution in [3.63, 3.8) is 0 Å². The standard InChI is InChI=1S/C21H23N3Si/c1-25(2,3)15-21(24-20-14-7-6-13-19(20)22-23-24)18-12-8-10-16-9-4-5-11-17(16)18/h4-14,21H,15H2,1-3H3/t21-/m0/s1. The van der Waals surface area contributed by atoms with E-state index in [1.807, 2.05) is 12.1 Å². The Kier molecular flexibility index (Phi) is 3.92. The van der Waals surface area contributed by atoms with Crippen LogP contribution >= 0.6 is 0 Å². The summed E-state index contributed by atoms with van der Waals surface area (Å²) in [5, 5.41) is 11.6. The fraction of sp³-hybridized carbons (Fsp3) is 0.238. The van der Waals surface area contributed by atoms with E-state index in [1.165, 1.54) is 16.3 Å². The van der Waals surface area contributed by atoms with Gasteiger partial charge in [0, 0.05) is 8.07 Å². The van der Waals surface area contributed by atoms with Crippen molar-refractivity contribution in [2.75, 3.05) is 0 Å². The van der Waals surface area contributed by atoms with Gasteiger partial charge in [0.05, 0.1) is 11.6 Å². The van der Waals surface area contributed by atoms with E-state index in [4.69, 9.17) is 0 Å². The van der Waals surface area contributed by atoms with Crippen molar-refractivity contribution in [2.45, 2.75) is 31.7 Å². The van der Waals surface area contributed by atoms with Crippen LogP contribution in [0.15, 0.2) is 66.7 Å². The lowest BCUT2D eigenvalue weighted by molar-refractivity contribution is 0.557. The first-order chi connectivity index (χ1) is 12.0. The summed E-state index contributed by atoms with van der Waals surface area (Å²) in [6.07, 6.45) is 0. The second-order valence-electron chi connectivity index (χ2n) is 7.87. The second-order valence-corrected chi connectivity index (χ2v) is 13.4. The van der Waals surface area contributed by atoms with E-state index < -0.39 is 8.07 Å². The van der Waals surface area contributed by atoms with Crippen LogP contribution in [0.4, 0.5) is 0 Å². The SMILES string of the molecule is C[Si](C)(C)C[C@@H](c1cccc2ccccc12)n1nnc2ccccc21. The number of hydrogen-bond acceptors (Lipinski definition) is 2. The first-order valence-electron chi connectivity index (χ1n) is 8.80. The molecule has 3 aromatic carbocycles. The third-order valence-electron chi connectivity index (χ3n) is 4.66. The third-order valence-corrected chi connectivity index (χ3v) is 6.27. The van der Waals surface area contributed by atoms with E-state index in [9.17, 15) is 0 Å². The molecule has 0 amide bonds. The predicted molar refractivity (Wildman–Crippen MR) is 108 cm³/mol. The minimum atomic E-state index is -1.32. The summed E-state index contributed by atoms with van der Waals surface area (Å²) < 4.78 is 2.13. The summed E-state index contributed by atoms with van der Waals surface area (Å²) in [5.74, 6) is 0. The van der Waals surface area contributed by atoms with E-state index in [0.29, 0.717) is 0 Å². The molecule has 0 bridgehead atoms. The van der Waals surface area contributed by atoms with Gasteiger partial charge in [-0.05, 0) is 34.5 Å². The van der Waals surface area contributed by atoms with Crippen LogP contribution in [-0.4, -0.2) is 23.1 Å². The van der Waals surface area contributed by atoms with E-state index in [1.54, 1.807) is 0 Å². The molecule has 0 spiro atoms. The zero-order valence-corrected chi connectivity index (χ0v) is 16.0. The van der Waals surface area contributed by atoms with Gasteiger partial charge in [-0.15, -0.1) is 5.10 Å². The summed E-state index contributed by atoms with van der Waals surface area (Å²) in [5.41, 5.74) is 3.41. The quantitative estimate of drug-likeness (QED) is 0.456. The molecule has 126 valence electrons. The zero-order chi connectivity index (χ0) is 17.4. The summed E-state index contributed by atoms with van der Waals surface area (Å²) in [6, 6.07) is 24.8. The molecule has 0 aliphatic heterocycles. The van der Waals surface area contributed by atoms with Gasteiger partial charge in [0.25, 0.3) is 0 Å². The Hall–Kier alpha value is -2.46. The Morgan fingerprint density at radius 2 is 1.60 bits per heavy atom. The average Bonchev–Trinajstić information content (AvgIpc) is 3.02. The molecule has 0 unspecified atom stereocenters. The fourth-order valence-electron chi connectivity index (χ4n) is 3.57. The fourth-order valence-corrected chi connectivity index (χ4v) is 5.12. The van der Waals surface area contributed by atoms with Crippen LogP contribution in [0, 0.1) is 0 Å². The molecule has 0 fully saturated rings. The van der Waals surface area contributed by atoms with Crippen molar-refractivity contribution < 1.29 is 0 Å². The van der Waals surface area contributed by atoms with Crippen LogP contribution in [0.25, 0.3) is 21.8 Å². The van der Waals surface area contributed by atoms with Crippen LogP contribution in [0.3, 0.4) is 0 Å². The highest BCUT2D eigenvalue weighted by Gasteiger charge is 2.26. The monoisotopic (exact) mass is 345 g/mol. The van der Waals surface area contributed by atoms with Crippen molar-refractivity contribution in [3.8, 4) is 0 Å². The maximum absolute atomic E-state index is 4.55. The topological polar surface area (TPSA) is 30.7 Å². The Balaban J connectivity index is 1.95. The number of benzene rings is 3. The van der Waals surface area contributed by atoms with Gasteiger partial charge in [-0.2, -0.15) is 0 Å². The molecule has 0 saturated heterocycles. The highest BCUT2D eigenvalue weighted by Crippen LogP contribution is 2.34. The van der Waals surface area contributed by atoms with E-state index in [2.05, 4.69) is 89.2 Å². The predicted octanol–water partition coefficient (Wildman–Crippen LogP) is 5.51. The summed E-state index contributed by atoms with van der Waals surface area (Å²) >= 11 is 0. The highest BCUT2D eigenvalue weighted by molar-refractivity contribution is 6.76. The molecule has 0 aliphatic carbocycles. The second kappa shape index (κ2) is 6.12. The number of rotatable bonds is 4. The number of nitrogens with zero attached hydrogens (tertiary/aromatic N) is 3. The lowest BCUT2D eigenvalue weighted by Gasteiger charge is -2.26. The lowest BCUT2D eigenvalue weighted by Crippen LogP contribution is -2.27. The van der Waals surface area contributed by atoms with Crippen LogP contribution in [0.2, 0.25) is 25.7 Å². The van der Waals surface area contributed by atoms with Crippen LogP contribution in [0.1, 0.15) is 11.6 Å². The number of hydrogen-bond donors (Lipinski definition) is 0. The molecule has 0 N–H and O–H groups in total. The molecular weight excluding hydrogens is 322 g/mol. The summed E-state index contributed by atoms with van der Waals surface area (Å²) in [6.45, 7) is 7.26. The minimum Gasteiger partial charge on any atom is -0.237 e. The van der Waals surface area contributed by atoms with Gasteiger partial charge in [-0.1, -0.05) is 79.5 Å². The van der Waals surface area contributed by atoms with E-state index >= 15 is 0 Å². The Morgan fingerprint density at radius 3 is 2.44 bits per heavy atom. The molecule has 4 rings (SSSR count). The normalized spacial score (nSPS) is 13.4. The number of fused-ring (bicyclic) bond motifs is 2. The molecule has 3 nitrogen and oxygen atoms in total. The van der Waals surface area contributed by atoms with Crippen molar-refractivity contribution in [1.82, 2.24) is 15.0 Å². The van der Waals surface area contributed by atoms with Crippen molar-refractivity contribution in [3.05, 3.63) is 72.3 Å². The molecule has 1 atom stereocenters. The minimum absolute atomic E-state index is 0.213. The highest BCUT2D eigenvalue weighted by atomic mass is 28.3. The van der Waals surface area contributed by atoms with Crippen LogP contribution < -0.4 is 0 Å². The first-order valence-corrected chi connectivity index (χ1v) is 12.5. The number of para-hydroxylation sites is 1. The van der Waals surface area contributed by atoms with E-state index in [-0.39, 0.29) is 6.04 Å². The summed E-state index contributed by atoms with van der Waals surface area (Å²) in [7, 11) is -1.32. The van der Waals surface area contributed by atoms with Gasteiger partial charge in [0.1, 0.15) is 5.52 Å². The Bertz CT molecular complexity index is 1020. The smallest absolute Gasteiger partial charge is 0.113 e. The molecule has 0 saturated carbocycles. The summed E-state index contributed by atoms with van der Waals surface area (Å²) in [4.78, 5) is 0.